The Morgan fingerprint density at radius 3 is 1.02 bits per heavy atom. The van der Waals surface area contributed by atoms with E-state index in [-0.39, 0.29) is 0 Å². The summed E-state index contributed by atoms with van der Waals surface area (Å²) in [4.78, 5) is 9.53. The third-order valence-electron chi connectivity index (χ3n) is 26.1. The average Bonchev–Trinajstić information content (AvgIpc) is 1.63. The van der Waals surface area contributed by atoms with Crippen molar-refractivity contribution in [3.63, 3.8) is 0 Å². The van der Waals surface area contributed by atoms with Gasteiger partial charge in [-0.05, 0) is 368 Å². The van der Waals surface area contributed by atoms with Crippen molar-refractivity contribution in [2.24, 2.45) is 0 Å². The first-order chi connectivity index (χ1) is 72.0. The van der Waals surface area contributed by atoms with E-state index in [4.69, 9.17) is 57.7 Å². The van der Waals surface area contributed by atoms with E-state index < -0.39 is 11.2 Å². The molecule has 21 heteroatoms. The number of allylic oxidation sites excluding steroid dienone is 4. The van der Waals surface area contributed by atoms with Crippen molar-refractivity contribution >= 4 is 125 Å². The van der Waals surface area contributed by atoms with Crippen LogP contribution in [0.3, 0.4) is 0 Å². The number of aliphatic hydroxyl groups is 2. The number of aryl methyl sites for hydroxylation is 13. The van der Waals surface area contributed by atoms with E-state index in [9.17, 15) is 10.2 Å². The van der Waals surface area contributed by atoms with Crippen molar-refractivity contribution in [3.8, 4) is 107 Å². The first-order valence-electron chi connectivity index (χ1n) is 50.2. The second-order valence-electron chi connectivity index (χ2n) is 39.5. The fraction of sp³-hybridized carbons (Fsp3) is 0.225. The van der Waals surface area contributed by atoms with Gasteiger partial charge >= 0.3 is 0 Å². The minimum atomic E-state index is -0.941. The zero-order chi connectivity index (χ0) is 106. The number of ether oxygens (including phenoxy) is 1. The number of pyridine rings is 2. The van der Waals surface area contributed by atoms with Gasteiger partial charge in [0.25, 0.3) is 0 Å². The fourth-order valence-corrected chi connectivity index (χ4v) is 20.0. The lowest BCUT2D eigenvalue weighted by Crippen LogP contribution is -2.22. The van der Waals surface area contributed by atoms with Gasteiger partial charge in [0.2, 0.25) is 5.88 Å². The molecular weight excluding hydrogens is 2090 g/mol. The molecule has 0 aliphatic heterocycles. The maximum Gasteiger partial charge on any atom is 0.213 e. The standard InChI is InChI=1S/C24H23BrO3.C24H23NO3.C23H21NO2.C22H20O2S.C18H19BrO3.C18H17BrO2/c1-15-4-7-17(8-5-15)24(3,26)13-12-22-23(21-10-6-16(2)27-21)19-14-18(25)9-11-20(19)28-22;1-15(2)5-9-21-24(20-10-6-16(3)27-20)19-8-7-17(13-22(19)28-21)18-11-12-25-23(14-18)26-4;1-15(2)4-8-21-23(20-9-5-16(3)25-20)19-7-6-18(14-22(19)26-21)17-10-12-24-13-11-17;1-14(2)6-9-20-22(19-10-7-15(3)23-19)17-13-16(8-11-18(17)24-20)21-5-4-12-25-21;1-11-4-6-15(21-11)17-13-10-12(19)5-7-14(13)22-16(17)8-9-18(2,3)20;1-11(2)4-8-16-18(15-9-5-12(3)20-15)14-7-6-13(19)10-17(14)21-16/h4-11,14,26H,12-13H2,1-3H3;6-8,10-14H,1,5,9H2,2-4H3;5-7,9-14H,1,4,8H2,2-3H3;4-5,7-8,10-13H,1,6,9H2,2-3H3;4-7,10,20H,8-9H2,1-3H3;5-7,9-10H,1,4,8H2,2-3H3. The van der Waals surface area contributed by atoms with E-state index >= 15 is 0 Å². The van der Waals surface area contributed by atoms with Crippen molar-refractivity contribution < 1.29 is 68.0 Å². The summed E-state index contributed by atoms with van der Waals surface area (Å²) in [6, 6.07) is 81.0. The van der Waals surface area contributed by atoms with E-state index in [1.807, 2.05) is 267 Å². The van der Waals surface area contributed by atoms with Crippen LogP contribution in [0.5, 0.6) is 5.88 Å². The summed E-state index contributed by atoms with van der Waals surface area (Å²) < 4.78 is 80.5. The summed E-state index contributed by atoms with van der Waals surface area (Å²) in [7, 11) is 1.62. The number of halogens is 3. The van der Waals surface area contributed by atoms with E-state index in [0.29, 0.717) is 31.6 Å². The smallest absolute Gasteiger partial charge is 0.213 e. The Morgan fingerprint density at radius 1 is 0.320 bits per heavy atom. The fourth-order valence-electron chi connectivity index (χ4n) is 18.2. The third-order valence-corrected chi connectivity index (χ3v) is 28.5. The highest BCUT2D eigenvalue weighted by Crippen LogP contribution is 2.48. The Bertz CT molecular complexity index is 8540. The van der Waals surface area contributed by atoms with Crippen LogP contribution in [0.4, 0.5) is 0 Å². The summed E-state index contributed by atoms with van der Waals surface area (Å²) in [5.41, 5.74) is 21.8. The molecule has 1 unspecified atom stereocenters. The highest BCUT2D eigenvalue weighted by molar-refractivity contribution is 9.11. The van der Waals surface area contributed by atoms with Gasteiger partial charge in [0.15, 0.2) is 0 Å². The number of thiophene rings is 1. The van der Waals surface area contributed by atoms with E-state index in [2.05, 4.69) is 162 Å². The van der Waals surface area contributed by atoms with Crippen LogP contribution in [-0.4, -0.2) is 32.9 Å². The van der Waals surface area contributed by atoms with Gasteiger partial charge in [-0.2, -0.15) is 0 Å². The second kappa shape index (κ2) is 47.2. The molecule has 7 aromatic carbocycles. The molecule has 22 rings (SSSR count). The lowest BCUT2D eigenvalue weighted by Gasteiger charge is -2.23. The van der Waals surface area contributed by atoms with Gasteiger partial charge in [0.05, 0.1) is 51.7 Å². The molecule has 1 atom stereocenters. The molecule has 150 heavy (non-hydrogen) atoms. The molecule has 0 saturated heterocycles. The van der Waals surface area contributed by atoms with Crippen molar-refractivity contribution in [2.75, 3.05) is 7.11 Å². The van der Waals surface area contributed by atoms with Gasteiger partial charge in [-0.3, -0.25) is 4.98 Å². The van der Waals surface area contributed by atoms with Crippen LogP contribution in [0.15, 0.2) is 382 Å². The molecule has 22 aromatic rings. The number of fused-ring (bicyclic) bond motifs is 6. The van der Waals surface area contributed by atoms with Crippen molar-refractivity contribution in [3.05, 3.63) is 409 Å². The minimum absolute atomic E-state index is 0.545. The number of methoxy groups -OCH3 is 1. The maximum atomic E-state index is 11.0. The van der Waals surface area contributed by atoms with Crippen LogP contribution in [0.2, 0.25) is 0 Å². The summed E-state index contributed by atoms with van der Waals surface area (Å²) in [5.74, 6) is 16.4. The molecule has 0 saturated carbocycles. The molecule has 0 aliphatic rings. The van der Waals surface area contributed by atoms with Crippen LogP contribution in [0, 0.1) is 48.5 Å². The van der Waals surface area contributed by atoms with Gasteiger partial charge in [-0.1, -0.05) is 118 Å². The van der Waals surface area contributed by atoms with Crippen LogP contribution in [0.25, 0.3) is 166 Å². The number of rotatable bonds is 29. The van der Waals surface area contributed by atoms with Crippen molar-refractivity contribution in [2.45, 2.75) is 185 Å². The van der Waals surface area contributed by atoms with Gasteiger partial charge in [-0.25, -0.2) is 4.98 Å². The summed E-state index contributed by atoms with van der Waals surface area (Å²) in [5, 5.41) is 29.5. The highest BCUT2D eigenvalue weighted by atomic mass is 79.9. The number of aromatic nitrogens is 2. The monoisotopic (exact) mass is 2210 g/mol. The number of hydrogen-bond acceptors (Lipinski definition) is 18. The van der Waals surface area contributed by atoms with Gasteiger partial charge in [-0.15, -0.1) is 37.7 Å². The molecule has 15 heterocycles. The lowest BCUT2D eigenvalue weighted by atomic mass is 9.89. The summed E-state index contributed by atoms with van der Waals surface area (Å²) >= 11 is 12.3. The Balaban J connectivity index is 0.000000123. The molecule has 0 bridgehead atoms. The highest BCUT2D eigenvalue weighted by Gasteiger charge is 2.30. The molecule has 0 spiro atoms. The SMILES string of the molecule is C=C(C)CCc1oc2cc(-c3ccnc(OC)c3)ccc2c1-c1ccc(C)o1.C=C(C)CCc1oc2cc(-c3ccncc3)ccc2c1-c1ccc(C)o1.C=C(C)CCc1oc2cc(Br)ccc2c1-c1ccc(C)o1.C=C(C)CCc1oc2ccc(-c3cccs3)cc2c1-c1ccc(C)o1.Cc1ccc(-c2c(CCC(C)(C)O)oc3ccc(Br)cc23)o1.Cc1ccc(C(C)(O)CCc2oc3ccc(Br)cc3c2-c2ccc(C)o2)cc1. The van der Waals surface area contributed by atoms with Gasteiger partial charge < -0.3 is 68.0 Å². The predicted octanol–water partition coefficient (Wildman–Crippen LogP) is 39.0. The molecule has 766 valence electrons. The maximum absolute atomic E-state index is 11.0. The molecule has 0 amide bonds. The molecule has 2 N–H and O–H groups in total. The van der Waals surface area contributed by atoms with Crippen LogP contribution < -0.4 is 4.74 Å². The van der Waals surface area contributed by atoms with Crippen molar-refractivity contribution in [1.29, 1.82) is 0 Å². The van der Waals surface area contributed by atoms with Gasteiger partial charge in [0.1, 0.15) is 137 Å². The number of benzene rings is 7. The van der Waals surface area contributed by atoms with Crippen LogP contribution >= 0.6 is 59.1 Å². The van der Waals surface area contributed by atoms with Crippen LogP contribution in [0.1, 0.15) is 167 Å². The van der Waals surface area contributed by atoms with E-state index in [1.54, 1.807) is 37.0 Å². The Morgan fingerprint density at radius 2 is 0.647 bits per heavy atom. The second-order valence-corrected chi connectivity index (χ2v) is 43.2. The largest absolute Gasteiger partial charge is 0.481 e. The quantitative estimate of drug-likeness (QED) is 0.0415. The Kier molecular flexibility index (Phi) is 33.6. The molecular formula is C129H123Br3N2O15S. The molecule has 0 fully saturated rings. The predicted molar refractivity (Wildman–Crippen MR) is 618 cm³/mol. The first kappa shape index (κ1) is 107. The first-order valence-corrected chi connectivity index (χ1v) is 53.5. The molecule has 0 radical (unpaired) electrons. The Labute approximate surface area is 903 Å². The lowest BCUT2D eigenvalue weighted by molar-refractivity contribution is 0.0467. The van der Waals surface area contributed by atoms with Crippen molar-refractivity contribution in [1.82, 2.24) is 9.97 Å². The zero-order valence-corrected chi connectivity index (χ0v) is 92.9. The summed E-state index contributed by atoms with van der Waals surface area (Å²) in [6.07, 6.45) is 14.6. The normalized spacial score (nSPS) is 11.8. The molecule has 17 nitrogen and oxygen atoms in total. The number of nitrogens with zero attached hydrogens (tertiary/aromatic N) is 2. The summed E-state index contributed by atoms with van der Waals surface area (Å²) in [6.45, 7) is 43.4. The van der Waals surface area contributed by atoms with E-state index in [1.165, 1.54) is 16.0 Å². The topological polar surface area (TPSA) is 233 Å². The zero-order valence-electron chi connectivity index (χ0n) is 87.4. The average molecular weight is 2210 g/mol. The Hall–Kier alpha value is -14.4. The van der Waals surface area contributed by atoms with E-state index in [0.717, 1.165) is 318 Å². The molecule has 15 aromatic heterocycles. The molecule has 0 aliphatic carbocycles. The minimum Gasteiger partial charge on any atom is -0.481 e. The number of furan rings is 12. The van der Waals surface area contributed by atoms with Crippen LogP contribution in [-0.2, 0) is 44.1 Å². The van der Waals surface area contributed by atoms with Gasteiger partial charge in [0, 0.05) is 114 Å². The third kappa shape index (κ3) is 26.0. The number of hydrogen-bond donors (Lipinski definition) is 2.